The molecule has 3 N–H and O–H groups in total. The van der Waals surface area contributed by atoms with Crippen LogP contribution in [0.2, 0.25) is 0 Å². The highest BCUT2D eigenvalue weighted by Gasteiger charge is 2.24. The molecular weight excluding hydrogens is 368 g/mol. The van der Waals surface area contributed by atoms with Crippen molar-refractivity contribution in [1.29, 1.82) is 0 Å². The molecule has 150 valence electrons. The van der Waals surface area contributed by atoms with Gasteiger partial charge in [-0.1, -0.05) is 6.07 Å². The van der Waals surface area contributed by atoms with Gasteiger partial charge in [0, 0.05) is 55.2 Å². The van der Waals surface area contributed by atoms with Gasteiger partial charge in [0.05, 0.1) is 0 Å². The Morgan fingerprint density at radius 1 is 1.10 bits per heavy atom. The average Bonchev–Trinajstić information content (AvgIpc) is 3.22. The molecule has 0 spiro atoms. The first-order valence-corrected chi connectivity index (χ1v) is 9.69. The van der Waals surface area contributed by atoms with Crippen molar-refractivity contribution in [2.45, 2.75) is 13.0 Å². The number of aromatic nitrogens is 2. The van der Waals surface area contributed by atoms with Crippen molar-refractivity contribution < 1.29 is 9.59 Å². The zero-order chi connectivity index (χ0) is 20.2. The molecule has 3 heterocycles. The van der Waals surface area contributed by atoms with Gasteiger partial charge in [0.2, 0.25) is 5.91 Å². The smallest absolute Gasteiger partial charge is 0.318 e. The summed E-state index contributed by atoms with van der Waals surface area (Å²) in [7, 11) is 0. The Labute approximate surface area is 168 Å². The summed E-state index contributed by atoms with van der Waals surface area (Å²) in [5, 5.41) is 6.67. The lowest BCUT2D eigenvalue weighted by Gasteiger charge is -2.35. The highest BCUT2D eigenvalue weighted by Crippen LogP contribution is 2.18. The molecule has 1 atom stereocenters. The number of amides is 3. The SMILES string of the molecule is C[C@H](NC(=O)N1CCN(c2ccccn2)CC1)C(=O)Nc1ccc2[nH]ccc2c1. The summed E-state index contributed by atoms with van der Waals surface area (Å²) in [6, 6.07) is 12.5. The summed E-state index contributed by atoms with van der Waals surface area (Å²) in [5.41, 5.74) is 1.71. The minimum absolute atomic E-state index is 0.227. The zero-order valence-corrected chi connectivity index (χ0v) is 16.3. The Hall–Kier alpha value is -3.55. The van der Waals surface area contributed by atoms with Crippen molar-refractivity contribution in [3.8, 4) is 0 Å². The first-order chi connectivity index (χ1) is 14.1. The van der Waals surface area contributed by atoms with E-state index in [4.69, 9.17) is 0 Å². The number of carbonyl (C=O) groups is 2. The van der Waals surface area contributed by atoms with Crippen LogP contribution in [0.4, 0.5) is 16.3 Å². The molecule has 0 saturated carbocycles. The molecule has 2 aromatic heterocycles. The topological polar surface area (TPSA) is 93.4 Å². The van der Waals surface area contributed by atoms with Crippen LogP contribution < -0.4 is 15.5 Å². The van der Waals surface area contributed by atoms with Crippen molar-refractivity contribution >= 4 is 34.3 Å². The van der Waals surface area contributed by atoms with Gasteiger partial charge in [-0.3, -0.25) is 4.79 Å². The number of nitrogens with zero attached hydrogens (tertiary/aromatic N) is 3. The largest absolute Gasteiger partial charge is 0.361 e. The predicted octanol–water partition coefficient (Wildman–Crippen LogP) is 2.42. The quantitative estimate of drug-likeness (QED) is 0.636. The predicted molar refractivity (Wildman–Crippen MR) is 113 cm³/mol. The van der Waals surface area contributed by atoms with Crippen LogP contribution in [-0.4, -0.2) is 59.0 Å². The number of carbonyl (C=O) groups excluding carboxylic acids is 2. The van der Waals surface area contributed by atoms with Gasteiger partial charge >= 0.3 is 6.03 Å². The molecule has 1 aromatic carbocycles. The number of H-pyrrole nitrogens is 1. The number of nitrogens with one attached hydrogen (secondary N) is 3. The molecule has 1 aliphatic rings. The van der Waals surface area contributed by atoms with Gasteiger partial charge in [-0.25, -0.2) is 9.78 Å². The van der Waals surface area contributed by atoms with Gasteiger partial charge in [-0.2, -0.15) is 0 Å². The third-order valence-corrected chi connectivity index (χ3v) is 5.09. The van der Waals surface area contributed by atoms with Crippen LogP contribution in [0.3, 0.4) is 0 Å². The van der Waals surface area contributed by atoms with Gasteiger partial charge in [0.15, 0.2) is 0 Å². The number of anilines is 2. The third-order valence-electron chi connectivity index (χ3n) is 5.09. The number of aromatic amines is 1. The molecule has 0 radical (unpaired) electrons. The second-order valence-corrected chi connectivity index (χ2v) is 7.10. The molecule has 4 rings (SSSR count). The molecular formula is C21H24N6O2. The molecule has 0 aliphatic carbocycles. The van der Waals surface area contributed by atoms with Gasteiger partial charge in [-0.05, 0) is 43.3 Å². The Morgan fingerprint density at radius 2 is 1.93 bits per heavy atom. The Bertz CT molecular complexity index is 995. The number of rotatable bonds is 4. The molecule has 1 saturated heterocycles. The summed E-state index contributed by atoms with van der Waals surface area (Å²) in [5.74, 6) is 0.667. The number of urea groups is 1. The first kappa shape index (κ1) is 18.8. The first-order valence-electron chi connectivity index (χ1n) is 9.69. The molecule has 0 bridgehead atoms. The summed E-state index contributed by atoms with van der Waals surface area (Å²) in [4.78, 5) is 36.4. The van der Waals surface area contributed by atoms with Crippen LogP contribution in [0.5, 0.6) is 0 Å². The third kappa shape index (κ3) is 4.31. The van der Waals surface area contributed by atoms with Gasteiger partial charge in [-0.15, -0.1) is 0 Å². The van der Waals surface area contributed by atoms with E-state index < -0.39 is 6.04 Å². The van der Waals surface area contributed by atoms with Crippen molar-refractivity contribution in [3.63, 3.8) is 0 Å². The van der Waals surface area contributed by atoms with Crippen LogP contribution in [-0.2, 0) is 4.79 Å². The van der Waals surface area contributed by atoms with Crippen molar-refractivity contribution in [2.75, 3.05) is 36.4 Å². The molecule has 8 nitrogen and oxygen atoms in total. The van der Waals surface area contributed by atoms with Gasteiger partial charge in [0.1, 0.15) is 11.9 Å². The molecule has 8 heteroatoms. The molecule has 1 fully saturated rings. The lowest BCUT2D eigenvalue weighted by Crippen LogP contribution is -2.54. The average molecular weight is 392 g/mol. The van der Waals surface area contributed by atoms with Crippen LogP contribution in [0.1, 0.15) is 6.92 Å². The van der Waals surface area contributed by atoms with E-state index in [1.54, 1.807) is 18.0 Å². The molecule has 29 heavy (non-hydrogen) atoms. The lowest BCUT2D eigenvalue weighted by molar-refractivity contribution is -0.117. The fourth-order valence-corrected chi connectivity index (χ4v) is 3.40. The van der Waals surface area contributed by atoms with Crippen LogP contribution in [0.25, 0.3) is 10.9 Å². The van der Waals surface area contributed by atoms with Gasteiger partial charge in [0.25, 0.3) is 0 Å². The van der Waals surface area contributed by atoms with E-state index in [0.717, 1.165) is 16.7 Å². The maximum atomic E-state index is 12.5. The summed E-state index contributed by atoms with van der Waals surface area (Å²) >= 11 is 0. The Kier molecular flexibility index (Phi) is 5.33. The Morgan fingerprint density at radius 3 is 2.69 bits per heavy atom. The number of hydrogen-bond donors (Lipinski definition) is 3. The van der Waals surface area contributed by atoms with E-state index in [-0.39, 0.29) is 11.9 Å². The molecule has 3 aromatic rings. The van der Waals surface area contributed by atoms with Crippen molar-refractivity contribution in [2.24, 2.45) is 0 Å². The normalized spacial score (nSPS) is 15.2. The summed E-state index contributed by atoms with van der Waals surface area (Å²) in [6.45, 7) is 4.28. The Balaban J connectivity index is 1.28. The number of fused-ring (bicyclic) bond motifs is 1. The standard InChI is InChI=1S/C21H24N6O2/c1-15(20(28)25-17-5-6-18-16(14-17)7-9-22-18)24-21(29)27-12-10-26(11-13-27)19-4-2-3-8-23-19/h2-9,14-15,22H,10-13H2,1H3,(H,24,29)(H,25,28)/t15-/m0/s1. The molecule has 3 amide bonds. The van der Waals surface area contributed by atoms with Crippen molar-refractivity contribution in [1.82, 2.24) is 20.2 Å². The number of pyridine rings is 1. The fourth-order valence-electron chi connectivity index (χ4n) is 3.40. The molecule has 0 unspecified atom stereocenters. The number of piperazine rings is 1. The monoisotopic (exact) mass is 392 g/mol. The van der Waals surface area contributed by atoms with E-state index in [1.807, 2.05) is 48.7 Å². The second kappa shape index (κ2) is 8.22. The van der Waals surface area contributed by atoms with Gasteiger partial charge < -0.3 is 25.4 Å². The van der Waals surface area contributed by atoms with E-state index in [0.29, 0.717) is 31.9 Å². The number of benzene rings is 1. The van der Waals surface area contributed by atoms with Crippen LogP contribution >= 0.6 is 0 Å². The fraction of sp³-hybridized carbons (Fsp3) is 0.286. The highest BCUT2D eigenvalue weighted by atomic mass is 16.2. The minimum atomic E-state index is -0.641. The zero-order valence-electron chi connectivity index (χ0n) is 16.3. The molecule has 1 aliphatic heterocycles. The summed E-state index contributed by atoms with van der Waals surface area (Å²) < 4.78 is 0. The highest BCUT2D eigenvalue weighted by molar-refractivity contribution is 5.98. The van der Waals surface area contributed by atoms with Crippen LogP contribution in [0.15, 0.2) is 54.9 Å². The van der Waals surface area contributed by atoms with Crippen molar-refractivity contribution in [3.05, 3.63) is 54.9 Å². The van der Waals surface area contributed by atoms with E-state index in [9.17, 15) is 9.59 Å². The second-order valence-electron chi connectivity index (χ2n) is 7.10. The number of hydrogen-bond acceptors (Lipinski definition) is 4. The van der Waals surface area contributed by atoms with Crippen LogP contribution in [0, 0.1) is 0 Å². The van der Waals surface area contributed by atoms with E-state index >= 15 is 0 Å². The minimum Gasteiger partial charge on any atom is -0.361 e. The lowest BCUT2D eigenvalue weighted by atomic mass is 10.2. The van der Waals surface area contributed by atoms with E-state index in [1.165, 1.54) is 0 Å². The maximum absolute atomic E-state index is 12.5. The van der Waals surface area contributed by atoms with E-state index in [2.05, 4.69) is 25.5 Å². The summed E-state index contributed by atoms with van der Waals surface area (Å²) in [6.07, 6.45) is 3.62. The maximum Gasteiger partial charge on any atom is 0.318 e.